The van der Waals surface area contributed by atoms with Crippen molar-refractivity contribution in [1.82, 2.24) is 24.6 Å². The fourth-order valence-corrected chi connectivity index (χ4v) is 3.97. The number of aromatic amines is 1. The van der Waals surface area contributed by atoms with Gasteiger partial charge >= 0.3 is 0 Å². The van der Waals surface area contributed by atoms with E-state index in [1.165, 1.54) is 12.8 Å². The molecule has 1 aliphatic rings. The zero-order valence-electron chi connectivity index (χ0n) is 15.4. The summed E-state index contributed by atoms with van der Waals surface area (Å²) >= 11 is 0. The molecule has 4 heterocycles. The molecule has 0 saturated carbocycles. The maximum atomic E-state index is 9.38. The molecular weight excluding hydrogens is 324 g/mol. The van der Waals surface area contributed by atoms with Gasteiger partial charge in [-0.1, -0.05) is 13.3 Å². The highest BCUT2D eigenvalue weighted by Crippen LogP contribution is 2.36. The predicted octanol–water partition coefficient (Wildman–Crippen LogP) is 3.46. The maximum Gasteiger partial charge on any atom is 0.137 e. The van der Waals surface area contributed by atoms with Gasteiger partial charge in [0.25, 0.3) is 0 Å². The Morgan fingerprint density at radius 1 is 1.31 bits per heavy atom. The molecule has 134 valence electrons. The summed E-state index contributed by atoms with van der Waals surface area (Å²) in [5, 5.41) is 15.3. The Hall–Kier alpha value is -2.65. The zero-order chi connectivity index (χ0) is 18.1. The minimum absolute atomic E-state index is 0.199. The molecule has 0 aliphatic carbocycles. The van der Waals surface area contributed by atoms with Crippen molar-refractivity contribution in [2.45, 2.75) is 38.6 Å². The van der Waals surface area contributed by atoms with Gasteiger partial charge in [-0.25, -0.2) is 4.98 Å². The summed E-state index contributed by atoms with van der Waals surface area (Å²) in [6, 6.07) is 6.47. The van der Waals surface area contributed by atoms with Crippen LogP contribution in [0, 0.1) is 18.3 Å². The number of fused-ring (bicyclic) bond motifs is 1. The normalized spacial score (nSPS) is 16.5. The zero-order valence-corrected chi connectivity index (χ0v) is 15.4. The van der Waals surface area contributed by atoms with Crippen LogP contribution in [0.5, 0.6) is 0 Å². The first-order valence-corrected chi connectivity index (χ1v) is 9.25. The first-order valence-electron chi connectivity index (χ1n) is 9.25. The smallest absolute Gasteiger partial charge is 0.137 e. The Morgan fingerprint density at radius 2 is 2.15 bits per heavy atom. The summed E-state index contributed by atoms with van der Waals surface area (Å²) in [6.07, 6.45) is 8.75. The average Bonchev–Trinajstić information content (AvgIpc) is 3.23. The molecule has 3 aromatic rings. The number of aromatic nitrogens is 4. The van der Waals surface area contributed by atoms with E-state index >= 15 is 0 Å². The molecule has 0 amide bonds. The SMILES string of the molecule is CCCCN1CC(CC#N)(n2cc(-c3ccnc4[nH]ccc34)c(C)n2)C1. The first-order chi connectivity index (χ1) is 12.7. The van der Waals surface area contributed by atoms with Crippen LogP contribution in [-0.4, -0.2) is 44.3 Å². The molecule has 0 unspecified atom stereocenters. The lowest BCUT2D eigenvalue weighted by Gasteiger charge is -2.49. The van der Waals surface area contributed by atoms with Gasteiger partial charge in [0.2, 0.25) is 0 Å². The van der Waals surface area contributed by atoms with Crippen molar-refractivity contribution in [2.24, 2.45) is 0 Å². The van der Waals surface area contributed by atoms with Crippen LogP contribution in [0.25, 0.3) is 22.2 Å². The lowest BCUT2D eigenvalue weighted by Crippen LogP contribution is -2.62. The summed E-state index contributed by atoms with van der Waals surface area (Å²) in [7, 11) is 0. The third-order valence-corrected chi connectivity index (χ3v) is 5.41. The molecule has 0 atom stereocenters. The van der Waals surface area contributed by atoms with Crippen molar-refractivity contribution in [3.05, 3.63) is 36.4 Å². The number of unbranched alkanes of at least 4 members (excludes halogenated alkanes) is 1. The molecule has 26 heavy (non-hydrogen) atoms. The molecule has 6 heteroatoms. The van der Waals surface area contributed by atoms with Crippen LogP contribution < -0.4 is 0 Å². The van der Waals surface area contributed by atoms with E-state index in [1.54, 1.807) is 0 Å². The Labute approximate surface area is 153 Å². The van der Waals surface area contributed by atoms with Crippen LogP contribution in [0.2, 0.25) is 0 Å². The minimum Gasteiger partial charge on any atom is -0.346 e. The number of rotatable bonds is 6. The second-order valence-corrected chi connectivity index (χ2v) is 7.29. The fourth-order valence-electron chi connectivity index (χ4n) is 3.97. The van der Waals surface area contributed by atoms with E-state index in [-0.39, 0.29) is 5.54 Å². The molecule has 0 spiro atoms. The minimum atomic E-state index is -0.199. The van der Waals surface area contributed by atoms with Gasteiger partial charge in [-0.05, 0) is 37.6 Å². The number of aryl methyl sites for hydroxylation is 1. The number of likely N-dealkylation sites (tertiary alicyclic amines) is 1. The number of nitrogens with one attached hydrogen (secondary N) is 1. The highest BCUT2D eigenvalue weighted by Gasteiger charge is 2.45. The molecule has 1 N–H and O–H groups in total. The molecule has 0 bridgehead atoms. The largest absolute Gasteiger partial charge is 0.346 e. The number of nitrogens with zero attached hydrogens (tertiary/aromatic N) is 5. The van der Waals surface area contributed by atoms with Gasteiger partial charge in [-0.15, -0.1) is 0 Å². The van der Waals surface area contributed by atoms with Gasteiger partial charge in [0.15, 0.2) is 0 Å². The summed E-state index contributed by atoms with van der Waals surface area (Å²) < 4.78 is 2.04. The van der Waals surface area contributed by atoms with Gasteiger partial charge in [0.1, 0.15) is 11.2 Å². The Morgan fingerprint density at radius 3 is 2.92 bits per heavy atom. The summed E-state index contributed by atoms with van der Waals surface area (Å²) in [5.41, 5.74) is 3.92. The first kappa shape index (κ1) is 16.8. The molecule has 1 saturated heterocycles. The lowest BCUT2D eigenvalue weighted by molar-refractivity contribution is 0.00441. The van der Waals surface area contributed by atoms with Crippen LogP contribution >= 0.6 is 0 Å². The second-order valence-electron chi connectivity index (χ2n) is 7.29. The quantitative estimate of drug-likeness (QED) is 0.740. The summed E-state index contributed by atoms with van der Waals surface area (Å²) in [4.78, 5) is 9.97. The number of hydrogen-bond donors (Lipinski definition) is 1. The third kappa shape index (κ3) is 2.69. The molecule has 4 rings (SSSR count). The van der Waals surface area contributed by atoms with Crippen molar-refractivity contribution in [3.63, 3.8) is 0 Å². The number of H-pyrrole nitrogens is 1. The summed E-state index contributed by atoms with van der Waals surface area (Å²) in [6.45, 7) is 7.15. The monoisotopic (exact) mass is 348 g/mol. The van der Waals surface area contributed by atoms with E-state index in [0.29, 0.717) is 6.42 Å². The van der Waals surface area contributed by atoms with Crippen molar-refractivity contribution in [2.75, 3.05) is 19.6 Å². The van der Waals surface area contributed by atoms with Crippen molar-refractivity contribution < 1.29 is 0 Å². The molecule has 1 aliphatic heterocycles. The van der Waals surface area contributed by atoms with Crippen molar-refractivity contribution in [3.8, 4) is 17.2 Å². The standard InChI is InChI=1S/C20H24N6/c1-3-4-11-25-13-20(14-25,7-8-21)26-12-18(15(2)24-26)16-5-9-22-19-17(16)6-10-23-19/h5-6,9-10,12H,3-4,7,11,13-14H2,1-2H3,(H,22,23). The van der Waals surface area contributed by atoms with E-state index in [2.05, 4.69) is 40.1 Å². The molecule has 0 radical (unpaired) electrons. The van der Waals surface area contributed by atoms with Crippen LogP contribution in [-0.2, 0) is 5.54 Å². The van der Waals surface area contributed by atoms with Crippen molar-refractivity contribution in [1.29, 1.82) is 5.26 Å². The topological polar surface area (TPSA) is 73.5 Å². The third-order valence-electron chi connectivity index (χ3n) is 5.41. The highest BCUT2D eigenvalue weighted by atomic mass is 15.4. The number of hydrogen-bond acceptors (Lipinski definition) is 4. The van der Waals surface area contributed by atoms with Crippen molar-refractivity contribution >= 4 is 11.0 Å². The van der Waals surface area contributed by atoms with Crippen LogP contribution in [0.15, 0.2) is 30.7 Å². The van der Waals surface area contributed by atoms with E-state index in [0.717, 1.165) is 47.5 Å². The summed E-state index contributed by atoms with van der Waals surface area (Å²) in [5.74, 6) is 0. The number of pyridine rings is 1. The molecule has 0 aromatic carbocycles. The Kier molecular flexibility index (Phi) is 4.25. The van der Waals surface area contributed by atoms with E-state index in [1.807, 2.05) is 30.1 Å². The van der Waals surface area contributed by atoms with E-state index < -0.39 is 0 Å². The predicted molar refractivity (Wildman–Crippen MR) is 102 cm³/mol. The van der Waals surface area contributed by atoms with Gasteiger partial charge < -0.3 is 4.98 Å². The van der Waals surface area contributed by atoms with Gasteiger partial charge in [0.05, 0.1) is 18.2 Å². The second kappa shape index (κ2) is 6.58. The highest BCUT2D eigenvalue weighted by molar-refractivity contribution is 5.93. The lowest BCUT2D eigenvalue weighted by atomic mass is 9.86. The van der Waals surface area contributed by atoms with Gasteiger partial charge in [-0.2, -0.15) is 10.4 Å². The van der Waals surface area contributed by atoms with Crippen LogP contribution in [0.4, 0.5) is 0 Å². The number of nitriles is 1. The van der Waals surface area contributed by atoms with Crippen LogP contribution in [0.1, 0.15) is 31.9 Å². The molecular formula is C20H24N6. The molecule has 6 nitrogen and oxygen atoms in total. The molecule has 1 fully saturated rings. The Bertz CT molecular complexity index is 954. The van der Waals surface area contributed by atoms with Crippen LogP contribution in [0.3, 0.4) is 0 Å². The van der Waals surface area contributed by atoms with Gasteiger partial charge in [0, 0.05) is 42.6 Å². The molecule has 3 aromatic heterocycles. The van der Waals surface area contributed by atoms with E-state index in [9.17, 15) is 5.26 Å². The maximum absolute atomic E-state index is 9.38. The fraction of sp³-hybridized carbons (Fsp3) is 0.450. The Balaban J connectivity index is 1.68. The van der Waals surface area contributed by atoms with Gasteiger partial charge in [-0.3, -0.25) is 9.58 Å². The average molecular weight is 348 g/mol. The van der Waals surface area contributed by atoms with E-state index in [4.69, 9.17) is 5.10 Å².